The Morgan fingerprint density at radius 1 is 1.42 bits per heavy atom. The number of aromatic nitrogens is 2. The molecule has 0 bridgehead atoms. The second-order valence-corrected chi connectivity index (χ2v) is 7.01. The fourth-order valence-electron chi connectivity index (χ4n) is 2.43. The molecule has 1 saturated heterocycles. The summed E-state index contributed by atoms with van der Waals surface area (Å²) in [6.45, 7) is 4.35. The number of fused-ring (bicyclic) bond motifs is 1. The first-order chi connectivity index (χ1) is 9.29. The predicted octanol–water partition coefficient (Wildman–Crippen LogP) is 2.23. The summed E-state index contributed by atoms with van der Waals surface area (Å²) in [5, 5.41) is 2.10. The molecule has 0 spiro atoms. The molecule has 1 fully saturated rings. The number of anilines is 1. The van der Waals surface area contributed by atoms with Crippen LogP contribution in [0.15, 0.2) is 11.6 Å². The zero-order chi connectivity index (χ0) is 13.2. The summed E-state index contributed by atoms with van der Waals surface area (Å²) < 4.78 is 2.22. The molecular formula is C13H20N4S2. The van der Waals surface area contributed by atoms with Crippen molar-refractivity contribution in [3.63, 3.8) is 0 Å². The quantitative estimate of drug-likeness (QED) is 0.940. The molecule has 0 radical (unpaired) electrons. The van der Waals surface area contributed by atoms with E-state index in [0.717, 1.165) is 36.7 Å². The molecule has 1 unspecified atom stereocenters. The standard InChI is InChI=1S/C13H20N4S2/c1-2-10(14)9-11-12(16-3-6-18-7-4-16)15-13-17(11)5-8-19-13/h5,8,10H,2-4,6-7,9,14H2,1H3. The van der Waals surface area contributed by atoms with Crippen LogP contribution in [0.1, 0.15) is 19.0 Å². The molecule has 3 heterocycles. The molecule has 4 nitrogen and oxygen atoms in total. The van der Waals surface area contributed by atoms with Crippen molar-refractivity contribution in [1.82, 2.24) is 9.38 Å². The summed E-state index contributed by atoms with van der Waals surface area (Å²) in [5.74, 6) is 3.56. The van der Waals surface area contributed by atoms with E-state index in [1.807, 2.05) is 11.8 Å². The van der Waals surface area contributed by atoms with E-state index >= 15 is 0 Å². The Hall–Kier alpha value is -0.720. The fourth-order valence-corrected chi connectivity index (χ4v) is 4.06. The summed E-state index contributed by atoms with van der Waals surface area (Å²) in [5.41, 5.74) is 7.45. The molecule has 3 rings (SSSR count). The zero-order valence-electron chi connectivity index (χ0n) is 11.2. The van der Waals surface area contributed by atoms with Gasteiger partial charge in [0.05, 0.1) is 5.69 Å². The smallest absolute Gasteiger partial charge is 0.195 e. The third kappa shape index (κ3) is 2.61. The van der Waals surface area contributed by atoms with Crippen LogP contribution < -0.4 is 10.6 Å². The Bertz CT molecular complexity index is 542. The van der Waals surface area contributed by atoms with Crippen LogP contribution in [0.5, 0.6) is 0 Å². The van der Waals surface area contributed by atoms with E-state index in [9.17, 15) is 0 Å². The number of rotatable bonds is 4. The Balaban J connectivity index is 1.96. The van der Waals surface area contributed by atoms with Crippen LogP contribution in [0.3, 0.4) is 0 Å². The minimum atomic E-state index is 0.220. The van der Waals surface area contributed by atoms with Crippen molar-refractivity contribution < 1.29 is 0 Å². The van der Waals surface area contributed by atoms with Crippen LogP contribution in [0.2, 0.25) is 0 Å². The van der Waals surface area contributed by atoms with Crippen molar-refractivity contribution in [1.29, 1.82) is 0 Å². The van der Waals surface area contributed by atoms with Crippen molar-refractivity contribution in [3.05, 3.63) is 17.3 Å². The van der Waals surface area contributed by atoms with Crippen molar-refractivity contribution in [2.75, 3.05) is 29.5 Å². The van der Waals surface area contributed by atoms with E-state index in [-0.39, 0.29) is 6.04 Å². The van der Waals surface area contributed by atoms with Gasteiger partial charge in [0.15, 0.2) is 10.8 Å². The number of thiazole rings is 1. The summed E-state index contributed by atoms with van der Waals surface area (Å²) in [6.07, 6.45) is 4.03. The number of hydrogen-bond acceptors (Lipinski definition) is 5. The molecule has 0 saturated carbocycles. The fraction of sp³-hybridized carbons (Fsp3) is 0.615. The number of nitrogens with two attached hydrogens (primary N) is 1. The van der Waals surface area contributed by atoms with E-state index < -0.39 is 0 Å². The lowest BCUT2D eigenvalue weighted by molar-refractivity contribution is 0.632. The Labute approximate surface area is 122 Å². The van der Waals surface area contributed by atoms with Crippen LogP contribution in [-0.2, 0) is 6.42 Å². The van der Waals surface area contributed by atoms with Crippen molar-refractivity contribution in [3.8, 4) is 0 Å². The SMILES string of the molecule is CCC(N)Cc1c(N2CCSCC2)nc2sccn12. The van der Waals surface area contributed by atoms with Gasteiger partial charge in [-0.15, -0.1) is 11.3 Å². The largest absolute Gasteiger partial charge is 0.353 e. The Kier molecular flexibility index (Phi) is 4.00. The van der Waals surface area contributed by atoms with Crippen LogP contribution in [0, 0.1) is 0 Å². The first kappa shape index (κ1) is 13.3. The molecule has 0 aliphatic carbocycles. The van der Waals surface area contributed by atoms with Crippen LogP contribution >= 0.6 is 23.1 Å². The van der Waals surface area contributed by atoms with Gasteiger partial charge in [0.25, 0.3) is 0 Å². The van der Waals surface area contributed by atoms with Crippen LogP contribution in [0.4, 0.5) is 5.82 Å². The molecule has 19 heavy (non-hydrogen) atoms. The van der Waals surface area contributed by atoms with E-state index in [4.69, 9.17) is 10.7 Å². The number of thioether (sulfide) groups is 1. The van der Waals surface area contributed by atoms with Crippen LogP contribution in [0.25, 0.3) is 4.96 Å². The molecule has 104 valence electrons. The lowest BCUT2D eigenvalue weighted by Crippen LogP contribution is -2.34. The van der Waals surface area contributed by atoms with E-state index in [0.29, 0.717) is 0 Å². The highest BCUT2D eigenvalue weighted by Gasteiger charge is 2.21. The second-order valence-electron chi connectivity index (χ2n) is 4.91. The van der Waals surface area contributed by atoms with Gasteiger partial charge in [-0.25, -0.2) is 4.98 Å². The summed E-state index contributed by atoms with van der Waals surface area (Å²) in [6, 6.07) is 0.220. The Morgan fingerprint density at radius 2 is 2.21 bits per heavy atom. The predicted molar refractivity (Wildman–Crippen MR) is 84.6 cm³/mol. The van der Waals surface area contributed by atoms with Gasteiger partial charge in [-0.05, 0) is 6.42 Å². The molecule has 2 aromatic heterocycles. The minimum absolute atomic E-state index is 0.220. The zero-order valence-corrected chi connectivity index (χ0v) is 12.8. The van der Waals surface area contributed by atoms with Crippen molar-refractivity contribution in [2.24, 2.45) is 5.73 Å². The monoisotopic (exact) mass is 296 g/mol. The van der Waals surface area contributed by atoms with Gasteiger partial charge in [0.1, 0.15) is 0 Å². The molecule has 0 amide bonds. The van der Waals surface area contributed by atoms with Crippen molar-refractivity contribution in [2.45, 2.75) is 25.8 Å². The van der Waals surface area contributed by atoms with Crippen molar-refractivity contribution >= 4 is 33.9 Å². The molecule has 0 aromatic carbocycles. The maximum Gasteiger partial charge on any atom is 0.195 e. The highest BCUT2D eigenvalue weighted by molar-refractivity contribution is 7.99. The molecule has 2 aromatic rings. The summed E-state index contributed by atoms with van der Waals surface area (Å²) >= 11 is 3.73. The molecule has 1 aliphatic heterocycles. The van der Waals surface area contributed by atoms with Gasteiger partial charge in [-0.1, -0.05) is 6.92 Å². The second kappa shape index (κ2) is 5.73. The number of hydrogen-bond donors (Lipinski definition) is 1. The number of imidazole rings is 1. The molecule has 6 heteroatoms. The van der Waals surface area contributed by atoms with Gasteiger partial charge in [0, 0.05) is 48.6 Å². The van der Waals surface area contributed by atoms with Gasteiger partial charge in [-0.3, -0.25) is 4.40 Å². The normalized spacial score (nSPS) is 18.1. The topological polar surface area (TPSA) is 46.6 Å². The molecule has 1 atom stereocenters. The average Bonchev–Trinajstić information content (AvgIpc) is 3.02. The maximum absolute atomic E-state index is 6.16. The highest BCUT2D eigenvalue weighted by Crippen LogP contribution is 2.27. The molecular weight excluding hydrogens is 276 g/mol. The van der Waals surface area contributed by atoms with Gasteiger partial charge < -0.3 is 10.6 Å². The van der Waals surface area contributed by atoms with Crippen LogP contribution in [-0.4, -0.2) is 40.0 Å². The highest BCUT2D eigenvalue weighted by atomic mass is 32.2. The first-order valence-corrected chi connectivity index (χ1v) is 8.85. The van der Waals surface area contributed by atoms with E-state index in [2.05, 4.69) is 27.8 Å². The molecule has 1 aliphatic rings. The number of nitrogens with zero attached hydrogens (tertiary/aromatic N) is 3. The van der Waals surface area contributed by atoms with Gasteiger partial charge in [-0.2, -0.15) is 11.8 Å². The summed E-state index contributed by atoms with van der Waals surface area (Å²) in [4.78, 5) is 8.34. The average molecular weight is 296 g/mol. The maximum atomic E-state index is 6.16. The Morgan fingerprint density at radius 3 is 2.95 bits per heavy atom. The molecule has 2 N–H and O–H groups in total. The minimum Gasteiger partial charge on any atom is -0.353 e. The van der Waals surface area contributed by atoms with Gasteiger partial charge in [0.2, 0.25) is 0 Å². The first-order valence-electron chi connectivity index (χ1n) is 6.82. The van der Waals surface area contributed by atoms with E-state index in [1.54, 1.807) is 11.3 Å². The lowest BCUT2D eigenvalue weighted by atomic mass is 10.1. The lowest BCUT2D eigenvalue weighted by Gasteiger charge is -2.27. The summed E-state index contributed by atoms with van der Waals surface area (Å²) in [7, 11) is 0. The third-order valence-corrected chi connectivity index (χ3v) is 5.33. The third-order valence-electron chi connectivity index (χ3n) is 3.63. The van der Waals surface area contributed by atoms with E-state index in [1.165, 1.54) is 17.2 Å². The van der Waals surface area contributed by atoms with Gasteiger partial charge >= 0.3 is 0 Å².